The van der Waals surface area contributed by atoms with E-state index in [1.165, 1.54) is 12.0 Å². The highest BCUT2D eigenvalue weighted by molar-refractivity contribution is 6.31. The third kappa shape index (κ3) is 4.01. The quantitative estimate of drug-likeness (QED) is 0.669. The van der Waals surface area contributed by atoms with E-state index in [-0.39, 0.29) is 0 Å². The summed E-state index contributed by atoms with van der Waals surface area (Å²) in [5, 5.41) is 0.692. The van der Waals surface area contributed by atoms with Crippen LogP contribution in [0.1, 0.15) is 13.3 Å². The van der Waals surface area contributed by atoms with Crippen LogP contribution in [0, 0.1) is 5.92 Å². The second-order valence-electron chi connectivity index (χ2n) is 4.66. The molecule has 1 atom stereocenters. The molecule has 0 aromatic rings. The van der Waals surface area contributed by atoms with Gasteiger partial charge in [-0.2, -0.15) is 0 Å². The lowest BCUT2D eigenvalue weighted by atomic mass is 9.92. The van der Waals surface area contributed by atoms with Gasteiger partial charge >= 0.3 is 0 Å². The molecule has 1 fully saturated rings. The summed E-state index contributed by atoms with van der Waals surface area (Å²) in [6.45, 7) is 16.5. The highest BCUT2D eigenvalue weighted by atomic mass is 35.5. The molecule has 0 aliphatic carbocycles. The zero-order valence-corrected chi connectivity index (χ0v) is 11.9. The first-order valence-electron chi connectivity index (χ1n) is 6.29. The van der Waals surface area contributed by atoms with Gasteiger partial charge in [-0.3, -0.25) is 4.90 Å². The zero-order valence-electron chi connectivity index (χ0n) is 11.2. The van der Waals surface area contributed by atoms with Crippen molar-refractivity contribution in [1.29, 1.82) is 0 Å². The smallest absolute Gasteiger partial charge is 0.0444 e. The summed E-state index contributed by atoms with van der Waals surface area (Å²) in [6, 6.07) is 0. The molecule has 1 aliphatic rings. The lowest BCUT2D eigenvalue weighted by Crippen LogP contribution is -2.36. The molecule has 1 nitrogen and oxygen atoms in total. The van der Waals surface area contributed by atoms with E-state index in [1.54, 1.807) is 6.08 Å². The average Bonchev–Trinajstić information content (AvgIpc) is 2.39. The van der Waals surface area contributed by atoms with Gasteiger partial charge < -0.3 is 0 Å². The largest absolute Gasteiger partial charge is 0.295 e. The Balaban J connectivity index is 2.75. The van der Waals surface area contributed by atoms with E-state index in [1.807, 2.05) is 12.2 Å². The van der Waals surface area contributed by atoms with Crippen LogP contribution in [0.25, 0.3) is 0 Å². The molecule has 1 saturated heterocycles. The Kier molecular flexibility index (Phi) is 6.17. The average molecular weight is 264 g/mol. The van der Waals surface area contributed by atoms with E-state index in [0.29, 0.717) is 11.0 Å². The first kappa shape index (κ1) is 15.0. The number of rotatable bonds is 5. The second kappa shape index (κ2) is 7.40. The van der Waals surface area contributed by atoms with Gasteiger partial charge in [-0.15, -0.1) is 0 Å². The Hall–Kier alpha value is -1.05. The number of hydrogen-bond donors (Lipinski definition) is 0. The van der Waals surface area contributed by atoms with Gasteiger partial charge in [0.15, 0.2) is 0 Å². The summed E-state index contributed by atoms with van der Waals surface area (Å²) in [4.78, 5) is 2.39. The lowest BCUT2D eigenvalue weighted by Gasteiger charge is -2.33. The van der Waals surface area contributed by atoms with E-state index in [0.717, 1.165) is 25.2 Å². The molecule has 1 unspecified atom stereocenters. The normalized spacial score (nSPS) is 24.6. The molecule has 0 saturated carbocycles. The van der Waals surface area contributed by atoms with Crippen LogP contribution in [0.3, 0.4) is 0 Å². The predicted molar refractivity (Wildman–Crippen MR) is 81.8 cm³/mol. The molecule has 18 heavy (non-hydrogen) atoms. The summed E-state index contributed by atoms with van der Waals surface area (Å²) < 4.78 is 0. The van der Waals surface area contributed by atoms with E-state index < -0.39 is 0 Å². The molecule has 0 N–H and O–H groups in total. The highest BCUT2D eigenvalue weighted by Gasteiger charge is 2.20. The van der Waals surface area contributed by atoms with Gasteiger partial charge in [0, 0.05) is 18.1 Å². The number of likely N-dealkylation sites (tertiary alicyclic amines) is 1. The van der Waals surface area contributed by atoms with E-state index in [2.05, 4.69) is 37.6 Å². The third-order valence-electron chi connectivity index (χ3n) is 3.38. The summed E-state index contributed by atoms with van der Waals surface area (Å²) in [7, 11) is 0. The molecule has 98 valence electrons. The van der Waals surface area contributed by atoms with Crippen LogP contribution >= 0.6 is 11.6 Å². The molecule has 1 heterocycles. The Morgan fingerprint density at radius 2 is 2.11 bits per heavy atom. The van der Waals surface area contributed by atoms with Gasteiger partial charge in [-0.05, 0) is 24.5 Å². The maximum absolute atomic E-state index is 6.11. The summed E-state index contributed by atoms with van der Waals surface area (Å²) in [5.74, 6) is 0.644. The SMILES string of the molecule is C=C/C=C1/CN(C/C(C=C)=C(\Cl)C=C)CCC1C. The van der Waals surface area contributed by atoms with Crippen LogP contribution in [0.5, 0.6) is 0 Å². The van der Waals surface area contributed by atoms with Gasteiger partial charge in [0.1, 0.15) is 0 Å². The van der Waals surface area contributed by atoms with Crippen molar-refractivity contribution >= 4 is 11.6 Å². The first-order valence-corrected chi connectivity index (χ1v) is 6.67. The fraction of sp³-hybridized carbons (Fsp3) is 0.375. The summed E-state index contributed by atoms with van der Waals surface area (Å²) in [6.07, 6.45) is 8.67. The maximum Gasteiger partial charge on any atom is 0.0444 e. The molecular formula is C16H22ClN. The molecular weight excluding hydrogens is 242 g/mol. The molecule has 2 heteroatoms. The fourth-order valence-corrected chi connectivity index (χ4v) is 2.30. The van der Waals surface area contributed by atoms with Gasteiger partial charge in [-0.25, -0.2) is 0 Å². The zero-order chi connectivity index (χ0) is 13.5. The Labute approximate surface area is 116 Å². The van der Waals surface area contributed by atoms with Gasteiger partial charge in [0.05, 0.1) is 0 Å². The third-order valence-corrected chi connectivity index (χ3v) is 3.77. The van der Waals surface area contributed by atoms with Crippen molar-refractivity contribution in [3.8, 4) is 0 Å². The summed E-state index contributed by atoms with van der Waals surface area (Å²) in [5.41, 5.74) is 2.48. The minimum atomic E-state index is 0.644. The Morgan fingerprint density at radius 1 is 1.39 bits per heavy atom. The maximum atomic E-state index is 6.11. The minimum Gasteiger partial charge on any atom is -0.295 e. The predicted octanol–water partition coefficient (Wildman–Crippen LogP) is 4.31. The van der Waals surface area contributed by atoms with Crippen molar-refractivity contribution in [1.82, 2.24) is 4.90 Å². The van der Waals surface area contributed by atoms with Crippen LogP contribution in [0.4, 0.5) is 0 Å². The van der Waals surface area contributed by atoms with Gasteiger partial charge in [0.25, 0.3) is 0 Å². The molecule has 1 rings (SSSR count). The number of allylic oxidation sites excluding steroid dienone is 4. The minimum absolute atomic E-state index is 0.644. The standard InChI is InChI=1S/C16H22ClN/c1-5-8-15-12-18(10-9-13(15)4)11-14(6-2)16(17)7-3/h5-8,13H,1-3,9-12H2,4H3/b15-8-,16-14-. The van der Waals surface area contributed by atoms with Crippen LogP contribution in [0.2, 0.25) is 0 Å². The van der Waals surface area contributed by atoms with Gasteiger partial charge in [-0.1, -0.05) is 68.1 Å². The number of nitrogens with zero attached hydrogens (tertiary/aromatic N) is 1. The lowest BCUT2D eigenvalue weighted by molar-refractivity contribution is 0.258. The molecule has 0 radical (unpaired) electrons. The number of piperidine rings is 1. The fourth-order valence-electron chi connectivity index (χ4n) is 2.17. The number of hydrogen-bond acceptors (Lipinski definition) is 1. The van der Waals surface area contributed by atoms with Crippen molar-refractivity contribution in [3.05, 3.63) is 60.2 Å². The topological polar surface area (TPSA) is 3.24 Å². The van der Waals surface area contributed by atoms with Crippen LogP contribution in [0.15, 0.2) is 60.2 Å². The van der Waals surface area contributed by atoms with Crippen LogP contribution in [-0.2, 0) is 0 Å². The molecule has 0 amide bonds. The van der Waals surface area contributed by atoms with Crippen molar-refractivity contribution in [2.75, 3.05) is 19.6 Å². The van der Waals surface area contributed by atoms with Crippen molar-refractivity contribution in [3.63, 3.8) is 0 Å². The Morgan fingerprint density at radius 3 is 2.67 bits per heavy atom. The monoisotopic (exact) mass is 263 g/mol. The molecule has 0 bridgehead atoms. The molecule has 0 aromatic carbocycles. The van der Waals surface area contributed by atoms with E-state index in [9.17, 15) is 0 Å². The molecule has 0 spiro atoms. The van der Waals surface area contributed by atoms with Crippen LogP contribution < -0.4 is 0 Å². The van der Waals surface area contributed by atoms with Crippen molar-refractivity contribution in [2.45, 2.75) is 13.3 Å². The second-order valence-corrected chi connectivity index (χ2v) is 5.07. The molecule has 1 aliphatic heterocycles. The van der Waals surface area contributed by atoms with E-state index in [4.69, 9.17) is 11.6 Å². The van der Waals surface area contributed by atoms with Crippen molar-refractivity contribution < 1.29 is 0 Å². The van der Waals surface area contributed by atoms with E-state index >= 15 is 0 Å². The highest BCUT2D eigenvalue weighted by Crippen LogP contribution is 2.24. The van der Waals surface area contributed by atoms with Crippen molar-refractivity contribution in [2.24, 2.45) is 5.92 Å². The molecule has 0 aromatic heterocycles. The number of halogens is 1. The summed E-state index contributed by atoms with van der Waals surface area (Å²) >= 11 is 6.11. The van der Waals surface area contributed by atoms with Gasteiger partial charge in [0.2, 0.25) is 0 Å². The Bertz CT molecular complexity index is 390. The van der Waals surface area contributed by atoms with Crippen LogP contribution in [-0.4, -0.2) is 24.5 Å². The first-order chi connectivity index (χ1) is 8.62.